The summed E-state index contributed by atoms with van der Waals surface area (Å²) in [7, 11) is 1.61. The first-order chi connectivity index (χ1) is 10.2. The smallest absolute Gasteiger partial charge is 0.221 e. The molecular weight excluding hydrogens is 264 g/mol. The molecule has 1 aromatic carbocycles. The van der Waals surface area contributed by atoms with Crippen LogP contribution in [0.5, 0.6) is 5.88 Å². The third-order valence-corrected chi connectivity index (χ3v) is 4.02. The van der Waals surface area contributed by atoms with Gasteiger partial charge in [0.05, 0.1) is 13.2 Å². The molecule has 1 heterocycles. The molecule has 1 aromatic heterocycles. The van der Waals surface area contributed by atoms with Gasteiger partial charge in [0, 0.05) is 18.2 Å². The highest BCUT2D eigenvalue weighted by Crippen LogP contribution is 2.34. The zero-order chi connectivity index (χ0) is 14.8. The van der Waals surface area contributed by atoms with Gasteiger partial charge in [-0.1, -0.05) is 18.2 Å². The molecule has 3 rings (SSSR count). The van der Waals surface area contributed by atoms with Crippen molar-refractivity contribution < 1.29 is 9.53 Å². The lowest BCUT2D eigenvalue weighted by Crippen LogP contribution is -2.30. The number of benzene rings is 1. The Morgan fingerprint density at radius 3 is 2.86 bits per heavy atom. The fraction of sp³-hybridized carbons (Fsp3) is 0.294. The third kappa shape index (κ3) is 2.54. The first-order valence-corrected chi connectivity index (χ1v) is 7.09. The van der Waals surface area contributed by atoms with Crippen molar-refractivity contribution in [1.29, 1.82) is 0 Å². The van der Waals surface area contributed by atoms with E-state index in [9.17, 15) is 4.79 Å². The molecule has 2 aromatic rings. The monoisotopic (exact) mass is 282 g/mol. The SMILES string of the molecule is COc1ncccc1-c1cccc2c1CC(=O)C(N)CC2. The van der Waals surface area contributed by atoms with Crippen LogP contribution in [-0.2, 0) is 17.6 Å². The molecule has 1 aliphatic carbocycles. The molecule has 0 radical (unpaired) electrons. The van der Waals surface area contributed by atoms with Crippen LogP contribution in [0.25, 0.3) is 11.1 Å². The number of ketones is 1. The Morgan fingerprint density at radius 1 is 1.24 bits per heavy atom. The molecule has 1 aliphatic rings. The molecule has 1 unspecified atom stereocenters. The van der Waals surface area contributed by atoms with Gasteiger partial charge in [-0.3, -0.25) is 4.79 Å². The number of Topliss-reactive ketones (excluding diaryl/α,β-unsaturated/α-hetero) is 1. The lowest BCUT2D eigenvalue weighted by atomic mass is 9.93. The highest BCUT2D eigenvalue weighted by atomic mass is 16.5. The third-order valence-electron chi connectivity index (χ3n) is 4.02. The normalized spacial score (nSPS) is 18.0. The number of hydrogen-bond acceptors (Lipinski definition) is 4. The first kappa shape index (κ1) is 13.8. The molecular formula is C17H18N2O2. The molecule has 0 amide bonds. The Kier molecular flexibility index (Phi) is 3.71. The quantitative estimate of drug-likeness (QED) is 0.857. The summed E-state index contributed by atoms with van der Waals surface area (Å²) >= 11 is 0. The van der Waals surface area contributed by atoms with Crippen molar-refractivity contribution in [3.8, 4) is 17.0 Å². The number of fused-ring (bicyclic) bond motifs is 1. The number of carbonyl (C=O) groups is 1. The maximum Gasteiger partial charge on any atom is 0.221 e. The lowest BCUT2D eigenvalue weighted by molar-refractivity contribution is -0.119. The molecule has 0 saturated heterocycles. The van der Waals surface area contributed by atoms with Crippen molar-refractivity contribution >= 4 is 5.78 Å². The summed E-state index contributed by atoms with van der Waals surface area (Å²) in [6.45, 7) is 0. The number of rotatable bonds is 2. The maximum atomic E-state index is 12.1. The topological polar surface area (TPSA) is 65.2 Å². The molecule has 21 heavy (non-hydrogen) atoms. The number of pyridine rings is 1. The molecule has 0 saturated carbocycles. The molecule has 4 heteroatoms. The van der Waals surface area contributed by atoms with Crippen LogP contribution in [-0.4, -0.2) is 23.9 Å². The fourth-order valence-electron chi connectivity index (χ4n) is 2.87. The molecule has 4 nitrogen and oxygen atoms in total. The number of methoxy groups -OCH3 is 1. The minimum Gasteiger partial charge on any atom is -0.481 e. The molecule has 1 atom stereocenters. The Balaban J connectivity index is 2.15. The van der Waals surface area contributed by atoms with Crippen molar-refractivity contribution in [2.24, 2.45) is 5.73 Å². The van der Waals surface area contributed by atoms with Gasteiger partial charge in [0.15, 0.2) is 5.78 Å². The molecule has 0 aliphatic heterocycles. The molecule has 0 fully saturated rings. The van der Waals surface area contributed by atoms with Gasteiger partial charge in [0.1, 0.15) is 0 Å². The van der Waals surface area contributed by atoms with Crippen molar-refractivity contribution in [1.82, 2.24) is 4.98 Å². The average Bonchev–Trinajstić information content (AvgIpc) is 2.66. The number of nitrogens with zero attached hydrogens (tertiary/aromatic N) is 1. The number of hydrogen-bond donors (Lipinski definition) is 1. The van der Waals surface area contributed by atoms with E-state index in [0.717, 1.165) is 23.1 Å². The van der Waals surface area contributed by atoms with Crippen molar-refractivity contribution in [2.75, 3.05) is 7.11 Å². The predicted octanol–water partition coefficient (Wildman–Crippen LogP) is 2.14. The number of aromatic nitrogens is 1. The summed E-state index contributed by atoms with van der Waals surface area (Å²) < 4.78 is 5.35. The number of aryl methyl sites for hydroxylation is 1. The average molecular weight is 282 g/mol. The first-order valence-electron chi connectivity index (χ1n) is 7.09. The standard InChI is InChI=1S/C17H18N2O2/c1-21-17-13(6-3-9-19-17)12-5-2-4-11-7-8-15(18)16(20)10-14(11)12/h2-6,9,15H,7-8,10,18H2,1H3. The van der Waals surface area contributed by atoms with Crippen LogP contribution in [0.2, 0.25) is 0 Å². The van der Waals surface area contributed by atoms with Gasteiger partial charge < -0.3 is 10.5 Å². The van der Waals surface area contributed by atoms with E-state index in [2.05, 4.69) is 11.1 Å². The van der Waals surface area contributed by atoms with E-state index < -0.39 is 0 Å². The molecule has 0 spiro atoms. The summed E-state index contributed by atoms with van der Waals surface area (Å²) in [4.78, 5) is 16.4. The van der Waals surface area contributed by atoms with Crippen LogP contribution < -0.4 is 10.5 Å². The predicted molar refractivity (Wildman–Crippen MR) is 81.2 cm³/mol. The Labute approximate surface area is 124 Å². The second-order valence-corrected chi connectivity index (χ2v) is 5.29. The number of nitrogens with two attached hydrogens (primary N) is 1. The van der Waals surface area contributed by atoms with Gasteiger partial charge in [-0.15, -0.1) is 0 Å². The highest BCUT2D eigenvalue weighted by molar-refractivity contribution is 5.89. The van der Waals surface area contributed by atoms with E-state index in [4.69, 9.17) is 10.5 Å². The van der Waals surface area contributed by atoms with Gasteiger partial charge in [-0.2, -0.15) is 0 Å². The minimum absolute atomic E-state index is 0.101. The van der Waals surface area contributed by atoms with Gasteiger partial charge in [0.25, 0.3) is 0 Å². The Bertz CT molecular complexity index is 682. The van der Waals surface area contributed by atoms with Crippen LogP contribution in [0.15, 0.2) is 36.5 Å². The van der Waals surface area contributed by atoms with Crippen LogP contribution in [0.3, 0.4) is 0 Å². The van der Waals surface area contributed by atoms with Crippen LogP contribution >= 0.6 is 0 Å². The van der Waals surface area contributed by atoms with E-state index in [-0.39, 0.29) is 11.8 Å². The minimum atomic E-state index is -0.360. The highest BCUT2D eigenvalue weighted by Gasteiger charge is 2.23. The Morgan fingerprint density at radius 2 is 2.05 bits per heavy atom. The molecule has 0 bridgehead atoms. The summed E-state index contributed by atoms with van der Waals surface area (Å²) in [6.07, 6.45) is 3.62. The van der Waals surface area contributed by atoms with E-state index >= 15 is 0 Å². The van der Waals surface area contributed by atoms with Crippen molar-refractivity contribution in [3.63, 3.8) is 0 Å². The van der Waals surface area contributed by atoms with Crippen LogP contribution in [0, 0.1) is 0 Å². The zero-order valence-corrected chi connectivity index (χ0v) is 12.0. The van der Waals surface area contributed by atoms with Gasteiger partial charge in [0.2, 0.25) is 5.88 Å². The van der Waals surface area contributed by atoms with E-state index in [1.807, 2.05) is 24.3 Å². The van der Waals surface area contributed by atoms with Gasteiger partial charge in [-0.05, 0) is 41.7 Å². The largest absolute Gasteiger partial charge is 0.481 e. The zero-order valence-electron chi connectivity index (χ0n) is 12.0. The number of carbonyl (C=O) groups excluding carboxylic acids is 1. The van der Waals surface area contributed by atoms with Crippen molar-refractivity contribution in [3.05, 3.63) is 47.7 Å². The fourth-order valence-corrected chi connectivity index (χ4v) is 2.87. The second-order valence-electron chi connectivity index (χ2n) is 5.29. The maximum absolute atomic E-state index is 12.1. The van der Waals surface area contributed by atoms with Crippen LogP contribution in [0.1, 0.15) is 17.5 Å². The summed E-state index contributed by atoms with van der Waals surface area (Å²) in [5.74, 6) is 0.677. The van der Waals surface area contributed by atoms with E-state index in [1.54, 1.807) is 13.3 Å². The molecule has 2 N–H and O–H groups in total. The Hall–Kier alpha value is -2.20. The summed E-state index contributed by atoms with van der Waals surface area (Å²) in [6, 6.07) is 9.59. The van der Waals surface area contributed by atoms with E-state index in [0.29, 0.717) is 18.7 Å². The van der Waals surface area contributed by atoms with E-state index in [1.165, 1.54) is 5.56 Å². The summed E-state index contributed by atoms with van der Waals surface area (Å²) in [5, 5.41) is 0. The van der Waals surface area contributed by atoms with Gasteiger partial charge in [-0.25, -0.2) is 4.98 Å². The molecule has 108 valence electrons. The van der Waals surface area contributed by atoms with Crippen molar-refractivity contribution in [2.45, 2.75) is 25.3 Å². The van der Waals surface area contributed by atoms with Crippen LogP contribution in [0.4, 0.5) is 0 Å². The lowest BCUT2D eigenvalue weighted by Gasteiger charge is -2.14. The second kappa shape index (κ2) is 5.66. The van der Waals surface area contributed by atoms with Gasteiger partial charge >= 0.3 is 0 Å². The number of ether oxygens (including phenoxy) is 1. The summed E-state index contributed by atoms with van der Waals surface area (Å²) in [5.41, 5.74) is 10.1.